The van der Waals surface area contributed by atoms with Gasteiger partial charge >= 0.3 is 5.97 Å². The first-order chi connectivity index (χ1) is 8.75. The molecule has 0 amide bonds. The summed E-state index contributed by atoms with van der Waals surface area (Å²) in [6.45, 7) is 2.71. The van der Waals surface area contributed by atoms with Crippen molar-refractivity contribution in [3.8, 4) is 0 Å². The summed E-state index contributed by atoms with van der Waals surface area (Å²) in [4.78, 5) is 12.9. The minimum absolute atomic E-state index is 0.260. The molecule has 1 aliphatic rings. The number of likely N-dealkylation sites (tertiary alicyclic amines) is 1. The average molecular weight is 251 g/mol. The molecule has 0 aliphatic carbocycles. The molecule has 1 unspecified atom stereocenters. The smallest absolute Gasteiger partial charge is 0.304 e. The highest BCUT2D eigenvalue weighted by Gasteiger charge is 2.23. The van der Waals surface area contributed by atoms with Gasteiger partial charge in [0, 0.05) is 31.5 Å². The molecule has 1 aliphatic heterocycles. The van der Waals surface area contributed by atoms with Crippen molar-refractivity contribution >= 4 is 5.97 Å². The zero-order valence-electron chi connectivity index (χ0n) is 10.7. The molecule has 5 heteroatoms. The zero-order valence-corrected chi connectivity index (χ0v) is 10.7. The second-order valence-corrected chi connectivity index (χ2v) is 4.89. The SMILES string of the molecule is O=C(O)CCN1CCCC1CCCn1cccn1. The Balaban J connectivity index is 1.69. The van der Waals surface area contributed by atoms with Crippen molar-refractivity contribution < 1.29 is 9.90 Å². The minimum Gasteiger partial charge on any atom is -0.481 e. The van der Waals surface area contributed by atoms with Gasteiger partial charge in [-0.25, -0.2) is 0 Å². The Morgan fingerprint density at radius 3 is 3.06 bits per heavy atom. The number of hydrogen-bond donors (Lipinski definition) is 1. The Labute approximate surface area is 107 Å². The summed E-state index contributed by atoms with van der Waals surface area (Å²) >= 11 is 0. The molecule has 2 rings (SSSR count). The van der Waals surface area contributed by atoms with E-state index in [-0.39, 0.29) is 6.42 Å². The molecule has 0 aromatic carbocycles. The van der Waals surface area contributed by atoms with Crippen molar-refractivity contribution in [2.24, 2.45) is 0 Å². The van der Waals surface area contributed by atoms with Crippen molar-refractivity contribution in [2.45, 2.75) is 44.7 Å². The number of carboxylic acid groups (broad SMARTS) is 1. The van der Waals surface area contributed by atoms with Crippen LogP contribution in [0.15, 0.2) is 18.5 Å². The van der Waals surface area contributed by atoms with Crippen LogP contribution in [-0.2, 0) is 11.3 Å². The third-order valence-corrected chi connectivity index (χ3v) is 3.60. The molecule has 1 aromatic rings. The van der Waals surface area contributed by atoms with Crippen molar-refractivity contribution in [2.75, 3.05) is 13.1 Å². The number of aliphatic carboxylic acids is 1. The van der Waals surface area contributed by atoms with Gasteiger partial charge in [-0.1, -0.05) is 0 Å². The molecule has 1 aromatic heterocycles. The van der Waals surface area contributed by atoms with Gasteiger partial charge in [-0.2, -0.15) is 5.10 Å². The molecular formula is C13H21N3O2. The fourth-order valence-corrected chi connectivity index (χ4v) is 2.68. The van der Waals surface area contributed by atoms with Gasteiger partial charge in [-0.15, -0.1) is 0 Å². The molecule has 1 saturated heterocycles. The molecule has 18 heavy (non-hydrogen) atoms. The molecule has 2 heterocycles. The molecule has 1 fully saturated rings. The van der Waals surface area contributed by atoms with Gasteiger partial charge in [-0.05, 0) is 38.3 Å². The van der Waals surface area contributed by atoms with Crippen molar-refractivity contribution in [1.29, 1.82) is 0 Å². The fourth-order valence-electron chi connectivity index (χ4n) is 2.68. The van der Waals surface area contributed by atoms with Gasteiger partial charge in [0.05, 0.1) is 6.42 Å². The van der Waals surface area contributed by atoms with E-state index in [0.717, 1.165) is 25.9 Å². The summed E-state index contributed by atoms with van der Waals surface area (Å²) in [5.74, 6) is -0.697. The Hall–Kier alpha value is -1.36. The normalized spacial score (nSPS) is 20.3. The predicted molar refractivity (Wildman–Crippen MR) is 68.3 cm³/mol. The van der Waals surface area contributed by atoms with Crippen LogP contribution in [0, 0.1) is 0 Å². The second-order valence-electron chi connectivity index (χ2n) is 4.89. The summed E-state index contributed by atoms with van der Waals surface area (Å²) in [6.07, 6.45) is 8.70. The Morgan fingerprint density at radius 1 is 1.44 bits per heavy atom. The second kappa shape index (κ2) is 6.54. The van der Waals surface area contributed by atoms with E-state index in [4.69, 9.17) is 5.11 Å². The maximum absolute atomic E-state index is 10.6. The molecule has 0 saturated carbocycles. The maximum atomic E-state index is 10.6. The van der Waals surface area contributed by atoms with Crippen LogP contribution in [0.1, 0.15) is 32.1 Å². The van der Waals surface area contributed by atoms with Gasteiger partial charge in [0.1, 0.15) is 0 Å². The molecule has 1 N–H and O–H groups in total. The van der Waals surface area contributed by atoms with Crippen LogP contribution >= 0.6 is 0 Å². The first kappa shape index (κ1) is 13.1. The largest absolute Gasteiger partial charge is 0.481 e. The first-order valence-electron chi connectivity index (χ1n) is 6.69. The molecule has 100 valence electrons. The summed E-state index contributed by atoms with van der Waals surface area (Å²) in [7, 11) is 0. The molecule has 0 spiro atoms. The van der Waals surface area contributed by atoms with E-state index in [1.807, 2.05) is 16.9 Å². The summed E-state index contributed by atoms with van der Waals surface area (Å²) in [6, 6.07) is 2.51. The summed E-state index contributed by atoms with van der Waals surface area (Å²) in [5.41, 5.74) is 0. The van der Waals surface area contributed by atoms with E-state index in [2.05, 4.69) is 10.00 Å². The molecule has 0 radical (unpaired) electrons. The number of carbonyl (C=O) groups is 1. The maximum Gasteiger partial charge on any atom is 0.304 e. The van der Waals surface area contributed by atoms with E-state index < -0.39 is 5.97 Å². The highest BCUT2D eigenvalue weighted by Crippen LogP contribution is 2.21. The van der Waals surface area contributed by atoms with Crippen LogP contribution < -0.4 is 0 Å². The third kappa shape index (κ3) is 3.84. The first-order valence-corrected chi connectivity index (χ1v) is 6.69. The summed E-state index contributed by atoms with van der Waals surface area (Å²) < 4.78 is 1.95. The van der Waals surface area contributed by atoms with Gasteiger partial charge in [0.15, 0.2) is 0 Å². The monoisotopic (exact) mass is 251 g/mol. The quantitative estimate of drug-likeness (QED) is 0.799. The molecule has 5 nitrogen and oxygen atoms in total. The van der Waals surface area contributed by atoms with E-state index in [0.29, 0.717) is 12.6 Å². The Bertz CT molecular complexity index is 364. The number of rotatable bonds is 7. The Morgan fingerprint density at radius 2 is 2.33 bits per heavy atom. The van der Waals surface area contributed by atoms with Crippen molar-refractivity contribution in [3.05, 3.63) is 18.5 Å². The van der Waals surface area contributed by atoms with E-state index in [1.165, 1.54) is 12.8 Å². The van der Waals surface area contributed by atoms with Gasteiger partial charge in [-0.3, -0.25) is 14.4 Å². The van der Waals surface area contributed by atoms with Crippen molar-refractivity contribution in [3.63, 3.8) is 0 Å². The van der Waals surface area contributed by atoms with Crippen molar-refractivity contribution in [1.82, 2.24) is 14.7 Å². The number of aromatic nitrogens is 2. The van der Waals surface area contributed by atoms with E-state index in [9.17, 15) is 4.79 Å². The highest BCUT2D eigenvalue weighted by atomic mass is 16.4. The minimum atomic E-state index is -0.697. The van der Waals surface area contributed by atoms with Crippen LogP contribution in [0.25, 0.3) is 0 Å². The molecule has 0 bridgehead atoms. The third-order valence-electron chi connectivity index (χ3n) is 3.60. The van der Waals surface area contributed by atoms with Gasteiger partial charge < -0.3 is 5.11 Å². The van der Waals surface area contributed by atoms with E-state index >= 15 is 0 Å². The lowest BCUT2D eigenvalue weighted by molar-refractivity contribution is -0.137. The average Bonchev–Trinajstić information content (AvgIpc) is 2.97. The number of aryl methyl sites for hydroxylation is 1. The molecule has 1 atom stereocenters. The standard InChI is InChI=1S/C13H21N3O2/c17-13(18)6-11-15-8-1-4-12(15)5-2-9-16-10-3-7-14-16/h3,7,10,12H,1-2,4-6,8-9,11H2,(H,17,18). The number of nitrogens with zero attached hydrogens (tertiary/aromatic N) is 3. The molecular weight excluding hydrogens is 230 g/mol. The predicted octanol–water partition coefficient (Wildman–Crippen LogP) is 1.60. The lowest BCUT2D eigenvalue weighted by Crippen LogP contribution is -2.31. The zero-order chi connectivity index (χ0) is 12.8. The van der Waals surface area contributed by atoms with Crippen LogP contribution in [-0.4, -0.2) is 44.9 Å². The number of hydrogen-bond acceptors (Lipinski definition) is 3. The van der Waals surface area contributed by atoms with Gasteiger partial charge in [0.2, 0.25) is 0 Å². The van der Waals surface area contributed by atoms with Crippen LogP contribution in [0.2, 0.25) is 0 Å². The number of carboxylic acids is 1. The summed E-state index contributed by atoms with van der Waals surface area (Å²) in [5, 5.41) is 12.9. The fraction of sp³-hybridized carbons (Fsp3) is 0.692. The highest BCUT2D eigenvalue weighted by molar-refractivity contribution is 5.66. The van der Waals surface area contributed by atoms with Crippen LogP contribution in [0.4, 0.5) is 0 Å². The van der Waals surface area contributed by atoms with Crippen LogP contribution in [0.5, 0.6) is 0 Å². The Kier molecular flexibility index (Phi) is 4.75. The lowest BCUT2D eigenvalue weighted by Gasteiger charge is -2.23. The van der Waals surface area contributed by atoms with E-state index in [1.54, 1.807) is 6.20 Å². The topological polar surface area (TPSA) is 58.4 Å². The van der Waals surface area contributed by atoms with Gasteiger partial charge in [0.25, 0.3) is 0 Å². The lowest BCUT2D eigenvalue weighted by atomic mass is 10.1. The van der Waals surface area contributed by atoms with Crippen LogP contribution in [0.3, 0.4) is 0 Å².